The van der Waals surface area contributed by atoms with Crippen LogP contribution >= 0.6 is 0 Å². The monoisotopic (exact) mass is 611 g/mol. The Morgan fingerprint density at radius 1 is 1.15 bits per heavy atom. The van der Waals surface area contributed by atoms with Gasteiger partial charge in [-0.15, -0.1) is 0 Å². The van der Waals surface area contributed by atoms with Gasteiger partial charge in [0.25, 0.3) is 0 Å². The van der Waals surface area contributed by atoms with Crippen LogP contribution in [0, 0.1) is 0 Å². The first-order chi connectivity index (χ1) is 18.9. The van der Waals surface area contributed by atoms with Gasteiger partial charge in [-0.2, -0.15) is 0 Å². The molecule has 2 N–H and O–H groups in total. The Balaban J connectivity index is 1.41. The van der Waals surface area contributed by atoms with Crippen molar-refractivity contribution in [1.29, 1.82) is 0 Å². The van der Waals surface area contributed by atoms with Crippen molar-refractivity contribution < 1.29 is 17.9 Å². The molecule has 0 aliphatic carbocycles. The summed E-state index contributed by atoms with van der Waals surface area (Å²) in [5.74, 6) is 1.18. The Bertz CT molecular complexity index is 1560. The van der Waals surface area contributed by atoms with E-state index in [0.29, 0.717) is 36.7 Å². The normalized spacial score (nSPS) is 14.3. The number of methoxy groups -OCH3 is 1. The Morgan fingerprint density at radius 3 is 2.69 bits per heavy atom. The van der Waals surface area contributed by atoms with Gasteiger partial charge >= 0.3 is 231 Å². The first-order valence-corrected chi connectivity index (χ1v) is 16.8. The van der Waals surface area contributed by atoms with Crippen molar-refractivity contribution in [2.75, 3.05) is 60.7 Å². The van der Waals surface area contributed by atoms with Crippen molar-refractivity contribution in [3.8, 4) is 5.75 Å². The number of hydrogen-bond acceptors (Lipinski definition) is 8. The molecule has 0 unspecified atom stereocenters. The number of fused-ring (bicyclic) bond motifs is 1. The second kappa shape index (κ2) is 11.9. The molecule has 39 heavy (non-hydrogen) atoms. The third-order valence-electron chi connectivity index (χ3n) is 6.54. The summed E-state index contributed by atoms with van der Waals surface area (Å²) in [6, 6.07) is 15.8. The van der Waals surface area contributed by atoms with Crippen molar-refractivity contribution >= 4 is 64.2 Å². The number of aromatic amines is 1. The van der Waals surface area contributed by atoms with Crippen LogP contribution in [0.4, 0.5) is 23.0 Å². The molecular weight excluding hydrogens is 579 g/mol. The molecule has 1 aliphatic rings. The van der Waals surface area contributed by atoms with Gasteiger partial charge < -0.3 is 4.74 Å². The number of ether oxygens (including phenoxy) is 2. The molecule has 0 bridgehead atoms. The van der Waals surface area contributed by atoms with Gasteiger partial charge in [-0.1, -0.05) is 0 Å². The van der Waals surface area contributed by atoms with E-state index >= 15 is 0 Å². The summed E-state index contributed by atoms with van der Waals surface area (Å²) in [6.45, 7) is 5.35. The second-order valence-corrected chi connectivity index (χ2v) is 13.3. The first-order valence-electron chi connectivity index (χ1n) is 12.7. The van der Waals surface area contributed by atoms with Crippen LogP contribution in [0.5, 0.6) is 5.75 Å². The van der Waals surface area contributed by atoms with E-state index in [1.807, 2.05) is 55.6 Å². The summed E-state index contributed by atoms with van der Waals surface area (Å²) in [5, 5.41) is 5.00. The molecule has 1 fully saturated rings. The standard InChI is InChI=1S/C27H32AsN6O4S/c1-4-34(39(3,35)36)24-8-6-5-7-21(24)28-18-23-20-11-12-29-26(20)32-27(31-23)30-22-10-9-19(17-25(22)37-2)33-13-15-38-16-14-33/h5-12,17H,4,13-16,18H2,1-3H3,(H2,29,30,31,32). The zero-order chi connectivity index (χ0) is 27.4. The second-order valence-electron chi connectivity index (χ2n) is 9.08. The van der Waals surface area contributed by atoms with Crippen LogP contribution < -0.4 is 23.6 Å². The fourth-order valence-electron chi connectivity index (χ4n) is 4.66. The first kappa shape index (κ1) is 27.3. The van der Waals surface area contributed by atoms with E-state index in [4.69, 9.17) is 14.5 Å². The number of rotatable bonds is 10. The summed E-state index contributed by atoms with van der Waals surface area (Å²) in [4.78, 5) is 15.1. The number of nitrogens with zero attached hydrogens (tertiary/aromatic N) is 4. The number of aromatic nitrogens is 3. The van der Waals surface area contributed by atoms with E-state index in [1.54, 1.807) is 7.11 Å². The molecule has 2 aromatic carbocycles. The van der Waals surface area contributed by atoms with Crippen molar-refractivity contribution in [3.63, 3.8) is 0 Å². The maximum atomic E-state index is 12.4. The quantitative estimate of drug-likeness (QED) is 0.264. The van der Waals surface area contributed by atoms with Gasteiger partial charge in [-0.25, -0.2) is 0 Å². The number of H-pyrrole nitrogens is 1. The predicted molar refractivity (Wildman–Crippen MR) is 157 cm³/mol. The molecule has 0 amide bonds. The van der Waals surface area contributed by atoms with Crippen molar-refractivity contribution in [1.82, 2.24) is 15.0 Å². The molecule has 0 saturated carbocycles. The topological polar surface area (TPSA) is 113 Å². The van der Waals surface area contributed by atoms with Gasteiger partial charge in [0, 0.05) is 0 Å². The fraction of sp³-hybridized carbons (Fsp3) is 0.333. The van der Waals surface area contributed by atoms with Gasteiger partial charge in [0.05, 0.1) is 0 Å². The van der Waals surface area contributed by atoms with Crippen molar-refractivity contribution in [3.05, 3.63) is 60.4 Å². The van der Waals surface area contributed by atoms with E-state index in [0.717, 1.165) is 51.2 Å². The average Bonchev–Trinajstić information content (AvgIpc) is 3.41. The number of nitrogens with one attached hydrogen (secondary N) is 2. The predicted octanol–water partition coefficient (Wildman–Crippen LogP) is 2.86. The molecule has 2 aromatic heterocycles. The molecule has 1 aliphatic heterocycles. The number of anilines is 4. The number of sulfonamides is 1. The van der Waals surface area contributed by atoms with Crippen LogP contribution in [-0.4, -0.2) is 85.3 Å². The zero-order valence-electron chi connectivity index (χ0n) is 22.2. The van der Waals surface area contributed by atoms with Crippen LogP contribution in [0.15, 0.2) is 54.7 Å². The molecule has 3 heterocycles. The van der Waals surface area contributed by atoms with Crippen LogP contribution in [0.25, 0.3) is 11.0 Å². The Morgan fingerprint density at radius 2 is 1.95 bits per heavy atom. The van der Waals surface area contributed by atoms with E-state index in [9.17, 15) is 8.42 Å². The average molecular weight is 612 g/mol. The minimum absolute atomic E-state index is 0.382. The molecule has 0 atom stereocenters. The number of para-hydroxylation sites is 1. The van der Waals surface area contributed by atoms with Gasteiger partial charge in [-0.3, -0.25) is 0 Å². The van der Waals surface area contributed by atoms with E-state index in [-0.39, 0.29) is 0 Å². The number of benzene rings is 2. The molecule has 10 nitrogen and oxygen atoms in total. The minimum atomic E-state index is -3.37. The Labute approximate surface area is 235 Å². The van der Waals surface area contributed by atoms with Gasteiger partial charge in [0.1, 0.15) is 0 Å². The fourth-order valence-corrected chi connectivity index (χ4v) is 8.12. The Hall–Kier alpha value is -3.27. The van der Waals surface area contributed by atoms with Crippen molar-refractivity contribution in [2.45, 2.75) is 12.1 Å². The van der Waals surface area contributed by atoms with Crippen LogP contribution in [0.3, 0.4) is 0 Å². The molecular formula is C27H32AsN6O4S. The summed E-state index contributed by atoms with van der Waals surface area (Å²) < 4.78 is 38.5. The molecule has 1 saturated heterocycles. The van der Waals surface area contributed by atoms with Crippen molar-refractivity contribution in [2.24, 2.45) is 0 Å². The van der Waals surface area contributed by atoms with Gasteiger partial charge in [0.2, 0.25) is 0 Å². The van der Waals surface area contributed by atoms with E-state index < -0.39 is 25.8 Å². The number of morpholine rings is 1. The van der Waals surface area contributed by atoms with E-state index in [1.165, 1.54) is 10.6 Å². The SMILES string of the molecule is CCN(c1ccccc1[As]Cc1nc(Nc2ccc(N3CCOCC3)cc2OC)nc2[nH]ccc12)S(C)(=O)=O. The van der Waals surface area contributed by atoms with E-state index in [2.05, 4.69) is 26.3 Å². The molecule has 4 aromatic rings. The van der Waals surface area contributed by atoms with Crippen LogP contribution in [0.2, 0.25) is 0 Å². The third kappa shape index (κ3) is 6.16. The summed E-state index contributed by atoms with van der Waals surface area (Å²) >= 11 is -0.412. The summed E-state index contributed by atoms with van der Waals surface area (Å²) in [5.41, 5.74) is 4.25. The molecule has 12 heteroatoms. The third-order valence-corrected chi connectivity index (χ3v) is 10.3. The molecule has 1 radical (unpaired) electrons. The molecule has 0 spiro atoms. The summed E-state index contributed by atoms with van der Waals surface area (Å²) in [6.07, 6.45) is 3.11. The maximum absolute atomic E-state index is 12.4. The summed E-state index contributed by atoms with van der Waals surface area (Å²) in [7, 11) is -1.72. The van der Waals surface area contributed by atoms with Gasteiger partial charge in [0.15, 0.2) is 0 Å². The number of hydrogen-bond donors (Lipinski definition) is 2. The van der Waals surface area contributed by atoms with Crippen LogP contribution in [0.1, 0.15) is 12.6 Å². The zero-order valence-corrected chi connectivity index (χ0v) is 24.9. The van der Waals surface area contributed by atoms with Crippen LogP contribution in [-0.2, 0) is 20.0 Å². The molecule has 5 rings (SSSR count). The molecule has 205 valence electrons. The Kier molecular flexibility index (Phi) is 8.30. The van der Waals surface area contributed by atoms with Gasteiger partial charge in [-0.05, 0) is 0 Å².